The number of halogens is 1. The summed E-state index contributed by atoms with van der Waals surface area (Å²) in [7, 11) is 1.32. The van der Waals surface area contributed by atoms with E-state index in [2.05, 4.69) is 10.2 Å². The fourth-order valence-electron chi connectivity index (χ4n) is 2.11. The molecule has 0 aliphatic carbocycles. The summed E-state index contributed by atoms with van der Waals surface area (Å²) in [5, 5.41) is 8.14. The van der Waals surface area contributed by atoms with Crippen molar-refractivity contribution in [3.8, 4) is 11.4 Å². The van der Waals surface area contributed by atoms with Crippen LogP contribution in [-0.4, -0.2) is 27.7 Å². The van der Waals surface area contributed by atoms with Gasteiger partial charge in [-0.25, -0.2) is 9.18 Å². The Labute approximate surface area is 120 Å². The SMILES string of the molecule is COC(=O)c1ccc2nnc(-c3ccc(F)c(C)c3)n2c1. The third kappa shape index (κ3) is 2.24. The maximum Gasteiger partial charge on any atom is 0.339 e. The fourth-order valence-corrected chi connectivity index (χ4v) is 2.11. The zero-order valence-corrected chi connectivity index (χ0v) is 11.5. The fraction of sp³-hybridized carbons (Fsp3) is 0.133. The van der Waals surface area contributed by atoms with Gasteiger partial charge in [0.2, 0.25) is 0 Å². The molecule has 21 heavy (non-hydrogen) atoms. The summed E-state index contributed by atoms with van der Waals surface area (Å²) in [6.45, 7) is 1.68. The normalized spacial score (nSPS) is 10.8. The van der Waals surface area contributed by atoms with Gasteiger partial charge in [0.15, 0.2) is 11.5 Å². The first kappa shape index (κ1) is 13.2. The van der Waals surface area contributed by atoms with E-state index >= 15 is 0 Å². The number of hydrogen-bond acceptors (Lipinski definition) is 4. The lowest BCUT2D eigenvalue weighted by molar-refractivity contribution is 0.0600. The second-order valence-electron chi connectivity index (χ2n) is 4.63. The highest BCUT2D eigenvalue weighted by atomic mass is 19.1. The average molecular weight is 285 g/mol. The number of esters is 1. The number of methoxy groups -OCH3 is 1. The molecule has 0 aliphatic rings. The van der Waals surface area contributed by atoms with E-state index in [4.69, 9.17) is 4.74 Å². The van der Waals surface area contributed by atoms with Crippen molar-refractivity contribution in [3.63, 3.8) is 0 Å². The highest BCUT2D eigenvalue weighted by molar-refractivity contribution is 5.89. The topological polar surface area (TPSA) is 56.5 Å². The lowest BCUT2D eigenvalue weighted by Gasteiger charge is -2.04. The van der Waals surface area contributed by atoms with Gasteiger partial charge in [0.25, 0.3) is 0 Å². The number of pyridine rings is 1. The van der Waals surface area contributed by atoms with Gasteiger partial charge < -0.3 is 4.74 Å². The molecule has 0 spiro atoms. The number of nitrogens with zero attached hydrogens (tertiary/aromatic N) is 3. The predicted octanol–water partition coefficient (Wildman–Crippen LogP) is 2.63. The van der Waals surface area contributed by atoms with Crippen molar-refractivity contribution in [3.05, 3.63) is 53.5 Å². The monoisotopic (exact) mass is 285 g/mol. The Kier molecular flexibility index (Phi) is 3.13. The van der Waals surface area contributed by atoms with E-state index in [0.717, 1.165) is 5.56 Å². The van der Waals surface area contributed by atoms with E-state index in [1.807, 2.05) is 0 Å². The van der Waals surface area contributed by atoms with Crippen molar-refractivity contribution < 1.29 is 13.9 Å². The van der Waals surface area contributed by atoms with Crippen molar-refractivity contribution in [2.75, 3.05) is 7.11 Å². The first-order valence-electron chi connectivity index (χ1n) is 6.30. The standard InChI is InChI=1S/C15H12FN3O2/c1-9-7-10(3-5-12(9)16)14-18-17-13-6-4-11(8-19(13)14)15(20)21-2/h3-8H,1-2H3. The maximum atomic E-state index is 13.4. The zero-order valence-electron chi connectivity index (χ0n) is 11.5. The summed E-state index contributed by atoms with van der Waals surface area (Å²) >= 11 is 0. The summed E-state index contributed by atoms with van der Waals surface area (Å²) in [6.07, 6.45) is 1.61. The Hall–Kier alpha value is -2.76. The van der Waals surface area contributed by atoms with Gasteiger partial charge in [-0.15, -0.1) is 10.2 Å². The van der Waals surface area contributed by atoms with E-state index in [9.17, 15) is 9.18 Å². The predicted molar refractivity (Wildman–Crippen MR) is 74.5 cm³/mol. The summed E-state index contributed by atoms with van der Waals surface area (Å²) < 4.78 is 19.7. The van der Waals surface area contributed by atoms with E-state index < -0.39 is 5.97 Å². The van der Waals surface area contributed by atoms with Gasteiger partial charge in [-0.3, -0.25) is 4.40 Å². The number of carbonyl (C=O) groups excluding carboxylic acids is 1. The van der Waals surface area contributed by atoms with Crippen LogP contribution in [0, 0.1) is 12.7 Å². The smallest absolute Gasteiger partial charge is 0.339 e. The molecule has 0 atom stereocenters. The number of benzene rings is 1. The lowest BCUT2D eigenvalue weighted by Crippen LogP contribution is -2.03. The minimum atomic E-state index is -0.438. The molecule has 0 bridgehead atoms. The Morgan fingerprint density at radius 3 is 2.76 bits per heavy atom. The zero-order chi connectivity index (χ0) is 15.0. The number of aromatic nitrogens is 3. The molecular formula is C15H12FN3O2. The van der Waals surface area contributed by atoms with Crippen molar-refractivity contribution in [1.29, 1.82) is 0 Å². The molecule has 3 rings (SSSR count). The van der Waals surface area contributed by atoms with Crippen LogP contribution in [0.4, 0.5) is 4.39 Å². The molecule has 2 heterocycles. The highest BCUT2D eigenvalue weighted by Gasteiger charge is 2.12. The molecule has 0 saturated heterocycles. The van der Waals surface area contributed by atoms with Crippen LogP contribution in [0.25, 0.3) is 17.0 Å². The molecule has 0 saturated carbocycles. The molecule has 106 valence electrons. The first-order valence-corrected chi connectivity index (χ1v) is 6.30. The number of hydrogen-bond donors (Lipinski definition) is 0. The molecule has 1 aromatic carbocycles. The first-order chi connectivity index (χ1) is 10.1. The van der Waals surface area contributed by atoms with Crippen LogP contribution in [-0.2, 0) is 4.74 Å². The molecule has 0 unspecified atom stereocenters. The van der Waals surface area contributed by atoms with Crippen molar-refractivity contribution >= 4 is 11.6 Å². The van der Waals surface area contributed by atoms with E-state index in [1.54, 1.807) is 41.8 Å². The Morgan fingerprint density at radius 1 is 1.24 bits per heavy atom. The molecule has 0 radical (unpaired) electrons. The van der Waals surface area contributed by atoms with Gasteiger partial charge in [0.05, 0.1) is 12.7 Å². The van der Waals surface area contributed by atoms with Gasteiger partial charge in [0.1, 0.15) is 5.82 Å². The molecule has 6 heteroatoms. The Morgan fingerprint density at radius 2 is 2.05 bits per heavy atom. The molecule has 5 nitrogen and oxygen atoms in total. The molecule has 3 aromatic rings. The van der Waals surface area contributed by atoms with Gasteiger partial charge in [-0.1, -0.05) is 0 Å². The second-order valence-corrected chi connectivity index (χ2v) is 4.63. The average Bonchev–Trinajstić information content (AvgIpc) is 2.92. The number of carbonyl (C=O) groups is 1. The minimum absolute atomic E-state index is 0.275. The number of fused-ring (bicyclic) bond motifs is 1. The molecule has 0 amide bonds. The summed E-state index contributed by atoms with van der Waals surface area (Å²) in [6, 6.07) is 8.00. The van der Waals surface area contributed by atoms with Gasteiger partial charge in [-0.05, 0) is 42.8 Å². The van der Waals surface area contributed by atoms with Crippen LogP contribution in [0.3, 0.4) is 0 Å². The van der Waals surface area contributed by atoms with Gasteiger partial charge in [-0.2, -0.15) is 0 Å². The van der Waals surface area contributed by atoms with E-state index in [1.165, 1.54) is 13.2 Å². The summed E-state index contributed by atoms with van der Waals surface area (Å²) in [5.41, 5.74) is 2.24. The van der Waals surface area contributed by atoms with Crippen LogP contribution < -0.4 is 0 Å². The van der Waals surface area contributed by atoms with Crippen molar-refractivity contribution in [1.82, 2.24) is 14.6 Å². The van der Waals surface area contributed by atoms with Gasteiger partial charge in [0, 0.05) is 11.8 Å². The van der Waals surface area contributed by atoms with Crippen LogP contribution in [0.2, 0.25) is 0 Å². The minimum Gasteiger partial charge on any atom is -0.465 e. The van der Waals surface area contributed by atoms with Crippen LogP contribution in [0.15, 0.2) is 36.5 Å². The largest absolute Gasteiger partial charge is 0.465 e. The van der Waals surface area contributed by atoms with Crippen molar-refractivity contribution in [2.45, 2.75) is 6.92 Å². The third-order valence-electron chi connectivity index (χ3n) is 3.24. The maximum absolute atomic E-state index is 13.4. The van der Waals surface area contributed by atoms with Crippen LogP contribution in [0.5, 0.6) is 0 Å². The summed E-state index contributed by atoms with van der Waals surface area (Å²) in [5.74, 6) is -0.173. The second kappa shape index (κ2) is 4.97. The molecule has 0 aliphatic heterocycles. The van der Waals surface area contributed by atoms with Crippen molar-refractivity contribution in [2.24, 2.45) is 0 Å². The van der Waals surface area contributed by atoms with Crippen LogP contribution in [0.1, 0.15) is 15.9 Å². The third-order valence-corrected chi connectivity index (χ3v) is 3.24. The molecule has 2 aromatic heterocycles. The summed E-state index contributed by atoms with van der Waals surface area (Å²) in [4.78, 5) is 11.6. The van der Waals surface area contributed by atoms with E-state index in [-0.39, 0.29) is 5.82 Å². The number of rotatable bonds is 2. The highest BCUT2D eigenvalue weighted by Crippen LogP contribution is 2.21. The number of ether oxygens (including phenoxy) is 1. The van der Waals surface area contributed by atoms with E-state index in [0.29, 0.717) is 22.6 Å². The number of aryl methyl sites for hydroxylation is 1. The molecular weight excluding hydrogens is 273 g/mol. The quantitative estimate of drug-likeness (QED) is 0.679. The Bertz CT molecular complexity index is 842. The van der Waals surface area contributed by atoms with Gasteiger partial charge >= 0.3 is 5.97 Å². The molecule has 0 N–H and O–H groups in total. The molecule has 0 fully saturated rings. The Balaban J connectivity index is 2.18. The lowest BCUT2D eigenvalue weighted by atomic mass is 10.1. The van der Waals surface area contributed by atoms with Crippen LogP contribution >= 0.6 is 0 Å².